The molecule has 0 saturated carbocycles. The number of rotatable bonds is 7. The van der Waals surface area contributed by atoms with E-state index in [-0.39, 0.29) is 16.4 Å². The highest BCUT2D eigenvalue weighted by molar-refractivity contribution is 7.90. The maximum atomic E-state index is 12.2. The summed E-state index contributed by atoms with van der Waals surface area (Å²) in [6.45, 7) is 4.04. The Morgan fingerprint density at radius 2 is 1.74 bits per heavy atom. The number of carbonyl (C=O) groups is 1. The van der Waals surface area contributed by atoms with Crippen LogP contribution in [0.15, 0.2) is 22.0 Å². The second-order valence-corrected chi connectivity index (χ2v) is 7.57. The first kappa shape index (κ1) is 19.2. The lowest BCUT2D eigenvalue weighted by atomic mass is 9.97. The molecule has 0 atom stereocenters. The second-order valence-electron chi connectivity index (χ2n) is 5.58. The first-order valence-electron chi connectivity index (χ1n) is 7.70. The smallest absolute Gasteiger partial charge is 0.280 e. The lowest BCUT2D eigenvalue weighted by Crippen LogP contribution is -2.24. The Bertz CT molecular complexity index is 706. The van der Waals surface area contributed by atoms with Gasteiger partial charge < -0.3 is 11.5 Å². The molecule has 0 aliphatic rings. The number of benzene rings is 1. The van der Waals surface area contributed by atoms with E-state index in [1.807, 2.05) is 19.9 Å². The van der Waals surface area contributed by atoms with Gasteiger partial charge in [-0.2, -0.15) is 4.99 Å². The molecule has 128 valence electrons. The topological polar surface area (TPSA) is 116 Å². The number of carbonyl (C=O) groups excluding carboxylic acids is 1. The molecule has 1 aromatic rings. The van der Waals surface area contributed by atoms with Crippen molar-refractivity contribution in [3.05, 3.63) is 28.8 Å². The van der Waals surface area contributed by atoms with Gasteiger partial charge >= 0.3 is 0 Å². The van der Waals surface area contributed by atoms with E-state index in [0.717, 1.165) is 36.6 Å². The lowest BCUT2D eigenvalue weighted by molar-refractivity contribution is 0.100. The second kappa shape index (κ2) is 8.10. The van der Waals surface area contributed by atoms with Crippen molar-refractivity contribution in [2.75, 3.05) is 6.26 Å². The van der Waals surface area contributed by atoms with Gasteiger partial charge in [-0.1, -0.05) is 32.8 Å². The molecule has 0 saturated heterocycles. The van der Waals surface area contributed by atoms with E-state index in [9.17, 15) is 13.2 Å². The Morgan fingerprint density at radius 3 is 2.22 bits per heavy atom. The van der Waals surface area contributed by atoms with Gasteiger partial charge in [0.25, 0.3) is 5.91 Å². The zero-order valence-electron chi connectivity index (χ0n) is 13.9. The molecule has 0 radical (unpaired) electrons. The highest BCUT2D eigenvalue weighted by Crippen LogP contribution is 2.25. The molecule has 0 aliphatic heterocycles. The van der Waals surface area contributed by atoms with Crippen LogP contribution in [0.3, 0.4) is 0 Å². The van der Waals surface area contributed by atoms with E-state index in [2.05, 4.69) is 4.99 Å². The number of nitrogens with two attached hydrogens (primary N) is 2. The molecule has 1 rings (SSSR count). The van der Waals surface area contributed by atoms with Crippen molar-refractivity contribution in [1.29, 1.82) is 0 Å². The number of aryl methyl sites for hydroxylation is 2. The third kappa shape index (κ3) is 5.35. The Balaban J connectivity index is 3.55. The van der Waals surface area contributed by atoms with Gasteiger partial charge in [0.2, 0.25) is 0 Å². The number of amides is 1. The molecule has 6 nitrogen and oxygen atoms in total. The SMILES string of the molecule is CCCCc1cc(CCC)c(C(=O)N=C(N)N)cc1S(C)(=O)=O. The van der Waals surface area contributed by atoms with E-state index in [1.165, 1.54) is 6.07 Å². The van der Waals surface area contributed by atoms with Crippen LogP contribution in [0.2, 0.25) is 0 Å². The first-order chi connectivity index (χ1) is 10.7. The largest absolute Gasteiger partial charge is 0.370 e. The van der Waals surface area contributed by atoms with Crippen molar-refractivity contribution in [1.82, 2.24) is 0 Å². The molecule has 4 N–H and O–H groups in total. The molecule has 1 aromatic carbocycles. The summed E-state index contributed by atoms with van der Waals surface area (Å²) in [5.74, 6) is -0.950. The molecule has 0 aliphatic carbocycles. The van der Waals surface area contributed by atoms with Crippen molar-refractivity contribution in [2.45, 2.75) is 50.8 Å². The summed E-state index contributed by atoms with van der Waals surface area (Å²) in [6, 6.07) is 3.23. The summed E-state index contributed by atoms with van der Waals surface area (Å²) in [7, 11) is -3.44. The number of nitrogens with zero attached hydrogens (tertiary/aromatic N) is 1. The van der Waals surface area contributed by atoms with Gasteiger partial charge in [-0.05, 0) is 36.5 Å². The number of hydrogen-bond acceptors (Lipinski definition) is 3. The Hall–Kier alpha value is -1.89. The van der Waals surface area contributed by atoms with Crippen LogP contribution in [-0.4, -0.2) is 26.5 Å². The average Bonchev–Trinajstić information content (AvgIpc) is 2.43. The zero-order chi connectivity index (χ0) is 17.6. The summed E-state index contributed by atoms with van der Waals surface area (Å²) in [5, 5.41) is 0. The summed E-state index contributed by atoms with van der Waals surface area (Å²) in [5.41, 5.74) is 12.3. The van der Waals surface area contributed by atoms with Crippen molar-refractivity contribution < 1.29 is 13.2 Å². The minimum absolute atomic E-state index is 0.181. The monoisotopic (exact) mass is 339 g/mol. The quantitative estimate of drug-likeness (QED) is 0.580. The molecular formula is C16H25N3O3S. The standard InChI is InChI=1S/C16H25N3O3S/c1-4-6-8-12-9-11(7-5-2)13(15(20)19-16(17)18)10-14(12)23(3,21)22/h9-10H,4-8H2,1-3H3,(H4,17,18,19,20). The first-order valence-corrected chi connectivity index (χ1v) is 9.59. The molecule has 0 unspecified atom stereocenters. The minimum Gasteiger partial charge on any atom is -0.370 e. The molecule has 7 heteroatoms. The highest BCUT2D eigenvalue weighted by atomic mass is 32.2. The predicted molar refractivity (Wildman–Crippen MR) is 92.3 cm³/mol. The maximum absolute atomic E-state index is 12.2. The third-order valence-electron chi connectivity index (χ3n) is 3.47. The zero-order valence-corrected chi connectivity index (χ0v) is 14.7. The van der Waals surface area contributed by atoms with E-state index < -0.39 is 15.7 Å². The Morgan fingerprint density at radius 1 is 1.09 bits per heavy atom. The number of hydrogen-bond donors (Lipinski definition) is 2. The molecule has 0 fully saturated rings. The van der Waals surface area contributed by atoms with Crippen LogP contribution in [0.4, 0.5) is 0 Å². The van der Waals surface area contributed by atoms with E-state index >= 15 is 0 Å². The van der Waals surface area contributed by atoms with Crippen LogP contribution >= 0.6 is 0 Å². The number of sulfone groups is 1. The molecule has 0 bridgehead atoms. The predicted octanol–water partition coefficient (Wildman–Crippen LogP) is 1.80. The molecule has 23 heavy (non-hydrogen) atoms. The fraction of sp³-hybridized carbons (Fsp3) is 0.500. The molecule has 0 spiro atoms. The molecule has 1 amide bonds. The van der Waals surface area contributed by atoms with Crippen LogP contribution in [0.5, 0.6) is 0 Å². The van der Waals surface area contributed by atoms with E-state index in [0.29, 0.717) is 12.8 Å². The fourth-order valence-electron chi connectivity index (χ4n) is 2.44. The number of unbranched alkanes of at least 4 members (excludes halogenated alkanes) is 1. The average molecular weight is 339 g/mol. The van der Waals surface area contributed by atoms with Crippen LogP contribution in [-0.2, 0) is 22.7 Å². The van der Waals surface area contributed by atoms with Crippen molar-refractivity contribution in [3.63, 3.8) is 0 Å². The van der Waals surface area contributed by atoms with Crippen molar-refractivity contribution in [2.24, 2.45) is 16.5 Å². The van der Waals surface area contributed by atoms with E-state index in [1.54, 1.807) is 0 Å². The Kier molecular flexibility index (Phi) is 6.75. The third-order valence-corrected chi connectivity index (χ3v) is 4.64. The van der Waals surface area contributed by atoms with Gasteiger partial charge in [0.05, 0.1) is 4.90 Å². The summed E-state index contributed by atoms with van der Waals surface area (Å²) in [4.78, 5) is 15.9. The van der Waals surface area contributed by atoms with Gasteiger partial charge in [-0.25, -0.2) is 8.42 Å². The number of aliphatic imine (C=N–C) groups is 1. The van der Waals surface area contributed by atoms with Crippen LogP contribution in [0.25, 0.3) is 0 Å². The van der Waals surface area contributed by atoms with Gasteiger partial charge in [-0.3, -0.25) is 4.79 Å². The molecule has 0 heterocycles. The van der Waals surface area contributed by atoms with E-state index in [4.69, 9.17) is 11.5 Å². The van der Waals surface area contributed by atoms with Gasteiger partial charge in [0, 0.05) is 11.8 Å². The Labute approximate surface area is 137 Å². The highest BCUT2D eigenvalue weighted by Gasteiger charge is 2.20. The summed E-state index contributed by atoms with van der Waals surface area (Å²) >= 11 is 0. The van der Waals surface area contributed by atoms with Crippen molar-refractivity contribution in [3.8, 4) is 0 Å². The maximum Gasteiger partial charge on any atom is 0.280 e. The molecular weight excluding hydrogens is 314 g/mol. The van der Waals surface area contributed by atoms with Crippen LogP contribution in [0, 0.1) is 0 Å². The number of guanidine groups is 1. The normalized spacial score (nSPS) is 11.3. The molecule has 0 aromatic heterocycles. The van der Waals surface area contributed by atoms with Gasteiger partial charge in [0.15, 0.2) is 15.8 Å². The van der Waals surface area contributed by atoms with Crippen LogP contribution in [0.1, 0.15) is 54.6 Å². The lowest BCUT2D eigenvalue weighted by Gasteiger charge is -2.14. The van der Waals surface area contributed by atoms with Crippen molar-refractivity contribution >= 4 is 21.7 Å². The van der Waals surface area contributed by atoms with Gasteiger partial charge in [-0.15, -0.1) is 0 Å². The van der Waals surface area contributed by atoms with Crippen LogP contribution < -0.4 is 11.5 Å². The minimum atomic E-state index is -3.44. The fourth-order valence-corrected chi connectivity index (χ4v) is 3.41. The van der Waals surface area contributed by atoms with Gasteiger partial charge in [0.1, 0.15) is 0 Å². The summed E-state index contributed by atoms with van der Waals surface area (Å²) < 4.78 is 24.2. The summed E-state index contributed by atoms with van der Waals surface area (Å²) in [6.07, 6.45) is 5.13.